The number of hydrogen-bond acceptors (Lipinski definition) is 5. The molecule has 1 atom stereocenters. The zero-order valence-electron chi connectivity index (χ0n) is 16.1. The zero-order chi connectivity index (χ0) is 19.7. The number of piperidine rings is 1. The molecule has 3 heterocycles. The first-order valence-corrected chi connectivity index (χ1v) is 9.53. The Hall–Kier alpha value is -3.03. The van der Waals surface area contributed by atoms with E-state index in [9.17, 15) is 9.59 Å². The third-order valence-electron chi connectivity index (χ3n) is 5.30. The Kier molecular flexibility index (Phi) is 4.93. The third kappa shape index (κ3) is 3.42. The molecule has 4 rings (SSSR count). The van der Waals surface area contributed by atoms with Crippen LogP contribution in [0.2, 0.25) is 0 Å². The minimum atomic E-state index is -0.347. The SMILES string of the molecule is COc1nn(C)cc1C(=O)Nc1ccc2c(c1)C(=O)N1CCCC[C@@H]1CCO2. The number of methoxy groups -OCH3 is 1. The summed E-state index contributed by atoms with van der Waals surface area (Å²) in [5, 5.41) is 6.92. The first kappa shape index (κ1) is 18.3. The van der Waals surface area contributed by atoms with Crippen molar-refractivity contribution in [3.8, 4) is 11.6 Å². The van der Waals surface area contributed by atoms with Crippen molar-refractivity contribution in [2.45, 2.75) is 31.7 Å². The summed E-state index contributed by atoms with van der Waals surface area (Å²) in [5.41, 5.74) is 1.35. The van der Waals surface area contributed by atoms with Gasteiger partial charge in [0, 0.05) is 37.9 Å². The van der Waals surface area contributed by atoms with Crippen LogP contribution in [0.15, 0.2) is 24.4 Å². The number of fused-ring (bicyclic) bond motifs is 2. The Bertz CT molecular complexity index is 908. The molecule has 1 fully saturated rings. The van der Waals surface area contributed by atoms with Crippen molar-refractivity contribution >= 4 is 17.5 Å². The smallest absolute Gasteiger partial charge is 0.262 e. The number of ether oxygens (including phenoxy) is 2. The first-order valence-electron chi connectivity index (χ1n) is 9.53. The van der Waals surface area contributed by atoms with E-state index in [4.69, 9.17) is 9.47 Å². The van der Waals surface area contributed by atoms with Crippen LogP contribution in [0.3, 0.4) is 0 Å². The molecule has 2 aliphatic rings. The minimum absolute atomic E-state index is 0.0329. The van der Waals surface area contributed by atoms with E-state index < -0.39 is 0 Å². The van der Waals surface area contributed by atoms with Crippen molar-refractivity contribution in [3.63, 3.8) is 0 Å². The fraction of sp³-hybridized carbons (Fsp3) is 0.450. The number of amides is 2. The van der Waals surface area contributed by atoms with Gasteiger partial charge in [0.15, 0.2) is 0 Å². The van der Waals surface area contributed by atoms with Gasteiger partial charge in [0.2, 0.25) is 5.88 Å². The Morgan fingerprint density at radius 3 is 3.00 bits per heavy atom. The molecule has 0 bridgehead atoms. The van der Waals surface area contributed by atoms with Crippen molar-refractivity contribution in [3.05, 3.63) is 35.5 Å². The van der Waals surface area contributed by atoms with Gasteiger partial charge in [0.25, 0.3) is 11.8 Å². The van der Waals surface area contributed by atoms with Gasteiger partial charge in [-0.3, -0.25) is 14.3 Å². The summed E-state index contributed by atoms with van der Waals surface area (Å²) >= 11 is 0. The van der Waals surface area contributed by atoms with E-state index >= 15 is 0 Å². The topological polar surface area (TPSA) is 85.7 Å². The largest absolute Gasteiger partial charge is 0.493 e. The Balaban J connectivity index is 1.60. The molecule has 2 aromatic rings. The molecule has 148 valence electrons. The van der Waals surface area contributed by atoms with Crippen molar-refractivity contribution in [2.24, 2.45) is 7.05 Å². The average Bonchev–Trinajstić information content (AvgIpc) is 3.08. The van der Waals surface area contributed by atoms with Crippen molar-refractivity contribution < 1.29 is 19.1 Å². The van der Waals surface area contributed by atoms with Gasteiger partial charge in [-0.2, -0.15) is 0 Å². The molecular weight excluding hydrogens is 360 g/mol. The average molecular weight is 384 g/mol. The molecule has 1 N–H and O–H groups in total. The monoisotopic (exact) mass is 384 g/mol. The normalized spacial score (nSPS) is 19.0. The van der Waals surface area contributed by atoms with E-state index in [-0.39, 0.29) is 23.7 Å². The lowest BCUT2D eigenvalue weighted by atomic mass is 9.97. The van der Waals surface area contributed by atoms with Crippen LogP contribution in [0.25, 0.3) is 0 Å². The lowest BCUT2D eigenvalue weighted by molar-refractivity contribution is 0.0548. The van der Waals surface area contributed by atoms with Crippen LogP contribution in [0.4, 0.5) is 5.69 Å². The van der Waals surface area contributed by atoms with E-state index in [0.29, 0.717) is 29.2 Å². The molecule has 0 aliphatic carbocycles. The molecule has 8 nitrogen and oxygen atoms in total. The van der Waals surface area contributed by atoms with E-state index in [0.717, 1.165) is 32.2 Å². The van der Waals surface area contributed by atoms with Crippen LogP contribution >= 0.6 is 0 Å². The third-order valence-corrected chi connectivity index (χ3v) is 5.30. The second kappa shape index (κ2) is 7.53. The van der Waals surface area contributed by atoms with Gasteiger partial charge in [-0.15, -0.1) is 5.10 Å². The predicted octanol–water partition coefficient (Wildman–Crippen LogP) is 2.46. The van der Waals surface area contributed by atoms with Crippen molar-refractivity contribution in [1.82, 2.24) is 14.7 Å². The lowest BCUT2D eigenvalue weighted by Crippen LogP contribution is -2.45. The number of aromatic nitrogens is 2. The van der Waals surface area contributed by atoms with E-state index in [1.54, 1.807) is 31.4 Å². The van der Waals surface area contributed by atoms with E-state index in [2.05, 4.69) is 10.4 Å². The van der Waals surface area contributed by atoms with Crippen molar-refractivity contribution in [1.29, 1.82) is 0 Å². The summed E-state index contributed by atoms with van der Waals surface area (Å²) < 4.78 is 12.5. The quantitative estimate of drug-likeness (QED) is 0.879. The standard InChI is InChI=1S/C20H24N4O4/c1-23-12-16(19(22-23)27-2)18(25)21-13-6-7-17-15(11-13)20(26)24-9-4-3-5-14(24)8-10-28-17/h6-7,11-12,14H,3-5,8-10H2,1-2H3,(H,21,25)/t14-/m1/s1. The Morgan fingerprint density at radius 2 is 2.18 bits per heavy atom. The molecule has 2 amide bonds. The highest BCUT2D eigenvalue weighted by atomic mass is 16.5. The van der Waals surface area contributed by atoms with Crippen LogP contribution in [-0.4, -0.2) is 52.8 Å². The highest BCUT2D eigenvalue weighted by Gasteiger charge is 2.31. The first-order chi connectivity index (χ1) is 13.6. The number of anilines is 1. The lowest BCUT2D eigenvalue weighted by Gasteiger charge is -2.37. The summed E-state index contributed by atoms with van der Waals surface area (Å²) in [4.78, 5) is 27.7. The minimum Gasteiger partial charge on any atom is -0.493 e. The number of carbonyl (C=O) groups is 2. The number of benzene rings is 1. The summed E-state index contributed by atoms with van der Waals surface area (Å²) in [7, 11) is 3.19. The fourth-order valence-corrected chi connectivity index (χ4v) is 3.90. The Labute approximate surface area is 163 Å². The number of nitrogens with one attached hydrogen (secondary N) is 1. The fourth-order valence-electron chi connectivity index (χ4n) is 3.90. The van der Waals surface area contributed by atoms with E-state index in [1.165, 1.54) is 11.8 Å². The van der Waals surface area contributed by atoms with E-state index in [1.807, 2.05) is 4.90 Å². The molecule has 8 heteroatoms. The molecule has 1 aromatic carbocycles. The maximum absolute atomic E-state index is 13.1. The molecular formula is C20H24N4O4. The molecule has 28 heavy (non-hydrogen) atoms. The highest BCUT2D eigenvalue weighted by molar-refractivity contribution is 6.06. The highest BCUT2D eigenvalue weighted by Crippen LogP contribution is 2.31. The number of aryl methyl sites for hydroxylation is 1. The van der Waals surface area contributed by atoms with Crippen LogP contribution in [0.5, 0.6) is 11.6 Å². The summed E-state index contributed by atoms with van der Waals surface area (Å²) in [5.74, 6) is 0.433. The van der Waals surface area contributed by atoms with Gasteiger partial charge < -0.3 is 19.7 Å². The summed E-state index contributed by atoms with van der Waals surface area (Å²) in [6.07, 6.45) is 5.63. The number of rotatable bonds is 3. The number of carbonyl (C=O) groups excluding carboxylic acids is 2. The molecule has 0 spiro atoms. The second-order valence-electron chi connectivity index (χ2n) is 7.18. The van der Waals surface area contributed by atoms with Gasteiger partial charge in [0.05, 0.1) is 19.3 Å². The zero-order valence-corrected chi connectivity index (χ0v) is 16.1. The molecule has 0 radical (unpaired) electrons. The maximum Gasteiger partial charge on any atom is 0.262 e. The predicted molar refractivity (Wildman–Crippen MR) is 103 cm³/mol. The number of hydrogen-bond donors (Lipinski definition) is 1. The molecule has 1 saturated heterocycles. The second-order valence-corrected chi connectivity index (χ2v) is 7.18. The summed E-state index contributed by atoms with van der Waals surface area (Å²) in [6, 6.07) is 5.40. The molecule has 0 saturated carbocycles. The maximum atomic E-state index is 13.1. The van der Waals surface area contributed by atoms with Crippen LogP contribution in [0, 0.1) is 0 Å². The van der Waals surface area contributed by atoms with Gasteiger partial charge in [-0.05, 0) is 37.5 Å². The van der Waals surface area contributed by atoms with Gasteiger partial charge in [-0.25, -0.2) is 0 Å². The summed E-state index contributed by atoms with van der Waals surface area (Å²) in [6.45, 7) is 1.35. The molecule has 2 aliphatic heterocycles. The van der Waals surface area contributed by atoms with Gasteiger partial charge in [0.1, 0.15) is 11.3 Å². The van der Waals surface area contributed by atoms with Crippen molar-refractivity contribution in [2.75, 3.05) is 25.6 Å². The van der Waals surface area contributed by atoms with Gasteiger partial charge in [-0.1, -0.05) is 0 Å². The van der Waals surface area contributed by atoms with Crippen LogP contribution in [0.1, 0.15) is 46.4 Å². The molecule has 0 unspecified atom stereocenters. The Morgan fingerprint density at radius 1 is 1.32 bits per heavy atom. The molecule has 1 aromatic heterocycles. The van der Waals surface area contributed by atoms with Crippen LogP contribution in [-0.2, 0) is 7.05 Å². The van der Waals surface area contributed by atoms with Crippen LogP contribution < -0.4 is 14.8 Å². The van der Waals surface area contributed by atoms with Gasteiger partial charge >= 0.3 is 0 Å². The number of nitrogens with zero attached hydrogens (tertiary/aromatic N) is 3.